The Morgan fingerprint density at radius 3 is 2.83 bits per heavy atom. The maximum absolute atomic E-state index is 12.8. The molecule has 1 aliphatic rings. The lowest BCUT2D eigenvalue weighted by Gasteiger charge is -2.28. The van der Waals surface area contributed by atoms with Crippen molar-refractivity contribution in [1.82, 2.24) is 14.5 Å². The number of carbonyl (C=O) groups is 1. The molecule has 4 nitrogen and oxygen atoms in total. The minimum absolute atomic E-state index is 0.0406. The first-order chi connectivity index (χ1) is 11.3. The van der Waals surface area contributed by atoms with E-state index in [0.29, 0.717) is 30.9 Å². The Bertz CT molecular complexity index is 750. The molecule has 2 aromatic heterocycles. The SMILES string of the molecule is Cc1cscc1C(=O)N(C)C[C@H]1CCc2nc(C(F)(F)F)cn2C1. The molecule has 0 saturated carbocycles. The van der Waals surface area contributed by atoms with Crippen molar-refractivity contribution in [2.75, 3.05) is 13.6 Å². The first kappa shape index (κ1) is 17.0. The Labute approximate surface area is 141 Å². The van der Waals surface area contributed by atoms with E-state index in [4.69, 9.17) is 0 Å². The second-order valence-electron chi connectivity index (χ2n) is 6.25. The number of rotatable bonds is 3. The van der Waals surface area contributed by atoms with Crippen molar-refractivity contribution in [1.29, 1.82) is 0 Å². The molecule has 130 valence electrons. The molecule has 0 aromatic carbocycles. The van der Waals surface area contributed by atoms with E-state index in [-0.39, 0.29) is 11.8 Å². The summed E-state index contributed by atoms with van der Waals surface area (Å²) in [4.78, 5) is 17.8. The summed E-state index contributed by atoms with van der Waals surface area (Å²) in [6.45, 7) is 2.88. The highest BCUT2D eigenvalue weighted by Crippen LogP contribution is 2.31. The van der Waals surface area contributed by atoms with Gasteiger partial charge in [0.1, 0.15) is 5.82 Å². The molecule has 3 heterocycles. The fourth-order valence-electron chi connectivity index (χ4n) is 3.06. The molecule has 0 aliphatic carbocycles. The predicted octanol–water partition coefficient (Wildman–Crippen LogP) is 3.61. The first-order valence-corrected chi connectivity index (χ1v) is 8.61. The van der Waals surface area contributed by atoms with Crippen LogP contribution < -0.4 is 0 Å². The molecule has 3 rings (SSSR count). The zero-order valence-electron chi connectivity index (χ0n) is 13.4. The third-order valence-corrected chi connectivity index (χ3v) is 5.21. The second-order valence-corrected chi connectivity index (χ2v) is 6.99. The van der Waals surface area contributed by atoms with E-state index in [9.17, 15) is 18.0 Å². The van der Waals surface area contributed by atoms with Crippen LogP contribution in [0.5, 0.6) is 0 Å². The maximum atomic E-state index is 12.8. The topological polar surface area (TPSA) is 38.1 Å². The van der Waals surface area contributed by atoms with Gasteiger partial charge < -0.3 is 9.47 Å². The highest BCUT2D eigenvalue weighted by Gasteiger charge is 2.36. The van der Waals surface area contributed by atoms with Gasteiger partial charge in [-0.1, -0.05) is 0 Å². The van der Waals surface area contributed by atoms with Gasteiger partial charge in [0, 0.05) is 38.1 Å². The zero-order chi connectivity index (χ0) is 17.5. The Balaban J connectivity index is 1.66. The van der Waals surface area contributed by atoms with Crippen LogP contribution >= 0.6 is 11.3 Å². The van der Waals surface area contributed by atoms with Crippen LogP contribution in [0.25, 0.3) is 0 Å². The van der Waals surface area contributed by atoms with E-state index in [0.717, 1.165) is 18.2 Å². The van der Waals surface area contributed by atoms with Crippen LogP contribution in [0.15, 0.2) is 17.0 Å². The Morgan fingerprint density at radius 1 is 1.46 bits per heavy atom. The van der Waals surface area contributed by atoms with Crippen molar-refractivity contribution in [3.8, 4) is 0 Å². The number of thiophene rings is 1. The molecule has 8 heteroatoms. The summed E-state index contributed by atoms with van der Waals surface area (Å²) >= 11 is 1.49. The summed E-state index contributed by atoms with van der Waals surface area (Å²) in [7, 11) is 1.74. The van der Waals surface area contributed by atoms with E-state index in [1.807, 2.05) is 17.7 Å². The van der Waals surface area contributed by atoms with Crippen molar-refractivity contribution in [2.24, 2.45) is 5.92 Å². The molecule has 0 spiro atoms. The Hall–Kier alpha value is -1.83. The van der Waals surface area contributed by atoms with E-state index in [1.54, 1.807) is 16.5 Å². The fraction of sp³-hybridized carbons (Fsp3) is 0.500. The maximum Gasteiger partial charge on any atom is 0.434 e. The van der Waals surface area contributed by atoms with Gasteiger partial charge >= 0.3 is 6.18 Å². The van der Waals surface area contributed by atoms with Gasteiger partial charge in [-0.25, -0.2) is 4.98 Å². The number of amides is 1. The lowest BCUT2D eigenvalue weighted by molar-refractivity contribution is -0.141. The molecule has 0 saturated heterocycles. The van der Waals surface area contributed by atoms with Crippen molar-refractivity contribution in [3.05, 3.63) is 39.6 Å². The number of hydrogen-bond donors (Lipinski definition) is 0. The summed E-state index contributed by atoms with van der Waals surface area (Å²) in [5.74, 6) is 0.558. The normalized spacial score (nSPS) is 17.6. The minimum Gasteiger partial charge on any atom is -0.341 e. The highest BCUT2D eigenvalue weighted by molar-refractivity contribution is 7.08. The minimum atomic E-state index is -4.41. The molecule has 0 unspecified atom stereocenters. The summed E-state index contributed by atoms with van der Waals surface area (Å²) < 4.78 is 39.8. The predicted molar refractivity (Wildman–Crippen MR) is 85.1 cm³/mol. The summed E-state index contributed by atoms with van der Waals surface area (Å²) in [5.41, 5.74) is 0.810. The number of aryl methyl sites for hydroxylation is 2. The van der Waals surface area contributed by atoms with E-state index < -0.39 is 11.9 Å². The van der Waals surface area contributed by atoms with Gasteiger partial charge in [0.15, 0.2) is 5.69 Å². The van der Waals surface area contributed by atoms with Gasteiger partial charge in [-0.05, 0) is 30.2 Å². The van der Waals surface area contributed by atoms with E-state index in [2.05, 4.69) is 4.98 Å². The standard InChI is InChI=1S/C16H18F3N3OS/c1-10-8-24-9-12(10)15(23)21(2)5-11-3-4-14-20-13(16(17,18)19)7-22(14)6-11/h7-9,11H,3-6H2,1-2H3/t11-/m1/s1. The number of aromatic nitrogens is 2. The van der Waals surface area contributed by atoms with Crippen molar-refractivity contribution in [3.63, 3.8) is 0 Å². The third kappa shape index (κ3) is 3.33. The molecule has 0 radical (unpaired) electrons. The summed E-state index contributed by atoms with van der Waals surface area (Å²) in [5, 5.41) is 3.76. The van der Waals surface area contributed by atoms with Gasteiger partial charge in [0.2, 0.25) is 0 Å². The van der Waals surface area contributed by atoms with E-state index >= 15 is 0 Å². The Morgan fingerprint density at radius 2 is 2.21 bits per heavy atom. The van der Waals surface area contributed by atoms with Crippen LogP contribution in [-0.4, -0.2) is 34.0 Å². The quantitative estimate of drug-likeness (QED) is 0.842. The first-order valence-electron chi connectivity index (χ1n) is 7.67. The fourth-order valence-corrected chi connectivity index (χ4v) is 3.88. The third-order valence-electron chi connectivity index (χ3n) is 4.35. The van der Waals surface area contributed by atoms with Gasteiger partial charge in [-0.3, -0.25) is 4.79 Å². The van der Waals surface area contributed by atoms with Crippen LogP contribution in [0.4, 0.5) is 13.2 Å². The lowest BCUT2D eigenvalue weighted by atomic mass is 9.98. The lowest BCUT2D eigenvalue weighted by Crippen LogP contribution is -2.35. The molecule has 2 aromatic rings. The number of hydrogen-bond acceptors (Lipinski definition) is 3. The number of alkyl halides is 3. The van der Waals surface area contributed by atoms with Gasteiger partial charge in [0.05, 0.1) is 5.56 Å². The van der Waals surface area contributed by atoms with Crippen LogP contribution in [0.3, 0.4) is 0 Å². The van der Waals surface area contributed by atoms with Crippen LogP contribution in [0, 0.1) is 12.8 Å². The van der Waals surface area contributed by atoms with Gasteiger partial charge in [0.25, 0.3) is 5.91 Å². The average Bonchev–Trinajstić information content (AvgIpc) is 3.11. The van der Waals surface area contributed by atoms with Gasteiger partial charge in [-0.15, -0.1) is 0 Å². The number of imidazole rings is 1. The number of nitrogens with zero attached hydrogens (tertiary/aromatic N) is 3. The molecule has 0 N–H and O–H groups in total. The van der Waals surface area contributed by atoms with E-state index in [1.165, 1.54) is 11.3 Å². The summed E-state index contributed by atoms with van der Waals surface area (Å²) in [6, 6.07) is 0. The number of fused-ring (bicyclic) bond motifs is 1. The zero-order valence-corrected chi connectivity index (χ0v) is 14.2. The van der Waals surface area contributed by atoms with Crippen LogP contribution in [-0.2, 0) is 19.1 Å². The van der Waals surface area contributed by atoms with Crippen LogP contribution in [0.1, 0.15) is 33.9 Å². The summed E-state index contributed by atoms with van der Waals surface area (Å²) in [6.07, 6.45) is -2.11. The molecule has 0 fully saturated rings. The van der Waals surface area contributed by atoms with Crippen molar-refractivity contribution < 1.29 is 18.0 Å². The average molecular weight is 357 g/mol. The molecule has 1 amide bonds. The molecule has 1 aliphatic heterocycles. The molecule has 24 heavy (non-hydrogen) atoms. The van der Waals surface area contributed by atoms with Crippen LogP contribution in [0.2, 0.25) is 0 Å². The molecular weight excluding hydrogens is 339 g/mol. The molecular formula is C16H18F3N3OS. The largest absolute Gasteiger partial charge is 0.434 e. The second kappa shape index (κ2) is 6.23. The smallest absolute Gasteiger partial charge is 0.341 e. The Kier molecular flexibility index (Phi) is 4.42. The number of carbonyl (C=O) groups excluding carboxylic acids is 1. The van der Waals surface area contributed by atoms with Gasteiger partial charge in [-0.2, -0.15) is 24.5 Å². The van der Waals surface area contributed by atoms with Crippen molar-refractivity contribution in [2.45, 2.75) is 32.5 Å². The number of halogens is 3. The molecule has 1 atom stereocenters. The molecule has 0 bridgehead atoms. The highest BCUT2D eigenvalue weighted by atomic mass is 32.1. The monoisotopic (exact) mass is 357 g/mol. The van der Waals surface area contributed by atoms with Crippen molar-refractivity contribution >= 4 is 17.2 Å².